The minimum absolute atomic E-state index is 0.523. The molecule has 64 valence electrons. The van der Waals surface area contributed by atoms with Gasteiger partial charge in [0.15, 0.2) is 0 Å². The summed E-state index contributed by atoms with van der Waals surface area (Å²) in [6.07, 6.45) is 4.20. The molecule has 0 amide bonds. The highest BCUT2D eigenvalue weighted by atomic mass is 16.5. The van der Waals surface area contributed by atoms with Crippen molar-refractivity contribution in [2.24, 2.45) is 11.3 Å². The van der Waals surface area contributed by atoms with E-state index in [1.54, 1.807) is 0 Å². The second-order valence-corrected chi connectivity index (χ2v) is 4.02. The Morgan fingerprint density at radius 3 is 3.36 bits per heavy atom. The van der Waals surface area contributed by atoms with Gasteiger partial charge < -0.3 is 10.1 Å². The lowest BCUT2D eigenvalue weighted by molar-refractivity contribution is 0.0762. The van der Waals surface area contributed by atoms with Gasteiger partial charge in [-0.15, -0.1) is 0 Å². The Labute approximate surface area is 68.3 Å². The van der Waals surface area contributed by atoms with E-state index in [-0.39, 0.29) is 0 Å². The number of hydrogen-bond acceptors (Lipinski definition) is 2. The number of nitrogens with one attached hydrogen (secondary N) is 1. The predicted molar refractivity (Wildman–Crippen MR) is 44.5 cm³/mol. The summed E-state index contributed by atoms with van der Waals surface area (Å²) in [5.41, 5.74) is 0.523. The maximum Gasteiger partial charge on any atom is 0.0533 e. The quantitative estimate of drug-likeness (QED) is 0.643. The first kappa shape index (κ1) is 7.56. The van der Waals surface area contributed by atoms with Gasteiger partial charge in [-0.25, -0.2) is 0 Å². The molecule has 0 bridgehead atoms. The first-order chi connectivity index (χ1) is 5.37. The second kappa shape index (κ2) is 2.76. The molecule has 2 rings (SSSR count). The predicted octanol–water partition coefficient (Wildman–Crippen LogP) is 1.02. The fourth-order valence-corrected chi connectivity index (χ4v) is 2.79. The Morgan fingerprint density at radius 1 is 1.64 bits per heavy atom. The van der Waals surface area contributed by atoms with Crippen LogP contribution in [0.1, 0.15) is 19.3 Å². The molecule has 1 saturated carbocycles. The lowest BCUT2D eigenvalue weighted by Gasteiger charge is -2.26. The summed E-state index contributed by atoms with van der Waals surface area (Å²) < 4.78 is 5.29. The Hall–Kier alpha value is -0.0800. The Kier molecular flexibility index (Phi) is 1.90. The van der Waals surface area contributed by atoms with E-state index in [0.717, 1.165) is 12.5 Å². The molecule has 0 aromatic rings. The number of fused-ring (bicyclic) bond motifs is 1. The SMILES string of the molecule is COC[C@@]12CCC[C@H]1CNC2. The van der Waals surface area contributed by atoms with E-state index >= 15 is 0 Å². The second-order valence-electron chi connectivity index (χ2n) is 4.02. The molecule has 1 N–H and O–H groups in total. The largest absolute Gasteiger partial charge is 0.384 e. The zero-order valence-electron chi connectivity index (χ0n) is 7.23. The monoisotopic (exact) mass is 155 g/mol. The van der Waals surface area contributed by atoms with Crippen molar-refractivity contribution in [2.75, 3.05) is 26.8 Å². The van der Waals surface area contributed by atoms with Crippen molar-refractivity contribution in [3.05, 3.63) is 0 Å². The van der Waals surface area contributed by atoms with Gasteiger partial charge in [0.1, 0.15) is 0 Å². The van der Waals surface area contributed by atoms with Crippen molar-refractivity contribution in [2.45, 2.75) is 19.3 Å². The van der Waals surface area contributed by atoms with E-state index in [0.29, 0.717) is 5.41 Å². The number of rotatable bonds is 2. The molecule has 2 aliphatic rings. The average Bonchev–Trinajstić information content (AvgIpc) is 2.45. The van der Waals surface area contributed by atoms with Crippen LogP contribution < -0.4 is 5.32 Å². The van der Waals surface area contributed by atoms with Crippen LogP contribution in [0, 0.1) is 11.3 Å². The summed E-state index contributed by atoms with van der Waals surface area (Å²) in [7, 11) is 1.82. The molecule has 11 heavy (non-hydrogen) atoms. The summed E-state index contributed by atoms with van der Waals surface area (Å²) in [6, 6.07) is 0. The summed E-state index contributed by atoms with van der Waals surface area (Å²) in [5.74, 6) is 0.905. The zero-order valence-corrected chi connectivity index (χ0v) is 7.23. The minimum Gasteiger partial charge on any atom is -0.384 e. The molecule has 0 radical (unpaired) electrons. The third-order valence-electron chi connectivity index (χ3n) is 3.39. The molecule has 1 saturated heterocycles. The highest BCUT2D eigenvalue weighted by Crippen LogP contribution is 2.45. The van der Waals surface area contributed by atoms with Crippen LogP contribution in [-0.4, -0.2) is 26.8 Å². The Morgan fingerprint density at radius 2 is 2.55 bits per heavy atom. The van der Waals surface area contributed by atoms with Crippen LogP contribution in [0.3, 0.4) is 0 Å². The first-order valence-corrected chi connectivity index (χ1v) is 4.57. The number of hydrogen-bond donors (Lipinski definition) is 1. The van der Waals surface area contributed by atoms with Crippen LogP contribution in [0.25, 0.3) is 0 Å². The normalized spacial score (nSPS) is 42.8. The zero-order chi connectivity index (χ0) is 7.73. The molecule has 2 nitrogen and oxygen atoms in total. The smallest absolute Gasteiger partial charge is 0.0533 e. The molecular weight excluding hydrogens is 138 g/mol. The molecule has 1 aliphatic heterocycles. The molecule has 0 aromatic heterocycles. The third kappa shape index (κ3) is 1.09. The number of ether oxygens (including phenoxy) is 1. The molecule has 2 heteroatoms. The summed E-state index contributed by atoms with van der Waals surface area (Å²) in [5, 5.41) is 3.47. The third-order valence-corrected chi connectivity index (χ3v) is 3.39. The van der Waals surface area contributed by atoms with Gasteiger partial charge in [0.05, 0.1) is 6.61 Å². The van der Waals surface area contributed by atoms with Crippen LogP contribution in [0.5, 0.6) is 0 Å². The van der Waals surface area contributed by atoms with Crippen molar-refractivity contribution in [3.8, 4) is 0 Å². The van der Waals surface area contributed by atoms with Gasteiger partial charge in [-0.1, -0.05) is 6.42 Å². The van der Waals surface area contributed by atoms with Crippen molar-refractivity contribution < 1.29 is 4.74 Å². The van der Waals surface area contributed by atoms with Crippen LogP contribution in [0.4, 0.5) is 0 Å². The van der Waals surface area contributed by atoms with Crippen molar-refractivity contribution in [1.29, 1.82) is 0 Å². The molecule has 1 heterocycles. The standard InChI is InChI=1S/C9H17NO/c1-11-7-9-4-2-3-8(9)5-10-6-9/h8,10H,2-7H2,1H3/t8-,9-/m0/s1. The molecule has 0 aromatic carbocycles. The molecule has 0 unspecified atom stereocenters. The van der Waals surface area contributed by atoms with E-state index in [9.17, 15) is 0 Å². The number of methoxy groups -OCH3 is 1. The highest BCUT2D eigenvalue weighted by Gasteiger charge is 2.45. The van der Waals surface area contributed by atoms with Crippen molar-refractivity contribution in [1.82, 2.24) is 5.32 Å². The maximum absolute atomic E-state index is 5.29. The van der Waals surface area contributed by atoms with Gasteiger partial charge in [0, 0.05) is 19.1 Å². The lowest BCUT2D eigenvalue weighted by Crippen LogP contribution is -2.30. The molecule has 2 fully saturated rings. The van der Waals surface area contributed by atoms with E-state index in [1.807, 2.05) is 7.11 Å². The van der Waals surface area contributed by atoms with Gasteiger partial charge >= 0.3 is 0 Å². The first-order valence-electron chi connectivity index (χ1n) is 4.57. The van der Waals surface area contributed by atoms with Crippen LogP contribution >= 0.6 is 0 Å². The fraction of sp³-hybridized carbons (Fsp3) is 1.00. The highest BCUT2D eigenvalue weighted by molar-refractivity contribution is 4.98. The molecule has 2 atom stereocenters. The maximum atomic E-state index is 5.29. The fourth-order valence-electron chi connectivity index (χ4n) is 2.79. The van der Waals surface area contributed by atoms with Crippen LogP contribution in [-0.2, 0) is 4.74 Å². The summed E-state index contributed by atoms with van der Waals surface area (Å²) in [6.45, 7) is 3.37. The Bertz CT molecular complexity index is 136. The van der Waals surface area contributed by atoms with Crippen LogP contribution in [0.15, 0.2) is 0 Å². The van der Waals surface area contributed by atoms with Gasteiger partial charge in [-0.2, -0.15) is 0 Å². The van der Waals surface area contributed by atoms with E-state index in [2.05, 4.69) is 5.32 Å². The van der Waals surface area contributed by atoms with Gasteiger partial charge in [0.25, 0.3) is 0 Å². The molecular formula is C9H17NO. The lowest BCUT2D eigenvalue weighted by atomic mass is 9.82. The van der Waals surface area contributed by atoms with E-state index < -0.39 is 0 Å². The summed E-state index contributed by atoms with van der Waals surface area (Å²) in [4.78, 5) is 0. The van der Waals surface area contributed by atoms with Crippen LogP contribution in [0.2, 0.25) is 0 Å². The van der Waals surface area contributed by atoms with E-state index in [4.69, 9.17) is 4.74 Å². The van der Waals surface area contributed by atoms with Gasteiger partial charge in [-0.3, -0.25) is 0 Å². The summed E-state index contributed by atoms with van der Waals surface area (Å²) >= 11 is 0. The minimum atomic E-state index is 0.523. The van der Waals surface area contributed by atoms with E-state index in [1.165, 1.54) is 32.4 Å². The average molecular weight is 155 g/mol. The van der Waals surface area contributed by atoms with Gasteiger partial charge in [-0.05, 0) is 25.3 Å². The molecule has 1 aliphatic carbocycles. The topological polar surface area (TPSA) is 21.3 Å². The van der Waals surface area contributed by atoms with Crippen molar-refractivity contribution in [3.63, 3.8) is 0 Å². The van der Waals surface area contributed by atoms with Gasteiger partial charge in [0.2, 0.25) is 0 Å². The van der Waals surface area contributed by atoms with Crippen molar-refractivity contribution >= 4 is 0 Å². The molecule has 0 spiro atoms. The Balaban J connectivity index is 2.07.